The Morgan fingerprint density at radius 2 is 1.96 bits per heavy atom. The van der Waals surface area contributed by atoms with E-state index in [0.29, 0.717) is 12.4 Å². The summed E-state index contributed by atoms with van der Waals surface area (Å²) in [5.41, 5.74) is 3.18. The number of aryl methyl sites for hydroxylation is 2. The Balaban J connectivity index is 1.84. The number of likely N-dealkylation sites (tertiary alicyclic amines) is 1. The summed E-state index contributed by atoms with van der Waals surface area (Å²) >= 11 is 1.65. The van der Waals surface area contributed by atoms with E-state index in [0.717, 1.165) is 48.1 Å². The average Bonchev–Trinajstić information content (AvgIpc) is 3.25. The number of carbonyl (C=O) groups excluding carboxylic acids is 1. The Kier molecular flexibility index (Phi) is 4.58. The lowest BCUT2D eigenvalue weighted by molar-refractivity contribution is -0.121. The molecule has 0 saturated carbocycles. The van der Waals surface area contributed by atoms with Gasteiger partial charge in [-0.3, -0.25) is 24.5 Å². The van der Waals surface area contributed by atoms with Crippen molar-refractivity contribution >= 4 is 27.5 Å². The van der Waals surface area contributed by atoms with E-state index in [1.165, 1.54) is 28.7 Å². The van der Waals surface area contributed by atoms with E-state index in [1.807, 2.05) is 0 Å². The minimum atomic E-state index is -0.380. The summed E-state index contributed by atoms with van der Waals surface area (Å²) in [6.07, 6.45) is 6.58. The number of aromatic nitrogens is 2. The number of hydrogen-bond acceptors (Lipinski definition) is 6. The van der Waals surface area contributed by atoms with Gasteiger partial charge in [-0.25, -0.2) is 10.8 Å². The first-order valence-corrected chi connectivity index (χ1v) is 9.75. The van der Waals surface area contributed by atoms with Crippen molar-refractivity contribution in [3.63, 3.8) is 0 Å². The summed E-state index contributed by atoms with van der Waals surface area (Å²) in [6, 6.07) is 0. The van der Waals surface area contributed by atoms with E-state index in [1.54, 1.807) is 11.3 Å². The number of thiophene rings is 1. The number of hydrazine groups is 1. The highest BCUT2D eigenvalue weighted by Gasteiger charge is 2.24. The van der Waals surface area contributed by atoms with Crippen LogP contribution in [0, 0.1) is 0 Å². The maximum Gasteiger partial charge on any atom is 0.263 e. The van der Waals surface area contributed by atoms with Gasteiger partial charge < -0.3 is 0 Å². The van der Waals surface area contributed by atoms with Gasteiger partial charge in [0.25, 0.3) is 11.5 Å². The summed E-state index contributed by atoms with van der Waals surface area (Å²) in [4.78, 5) is 34.3. The smallest absolute Gasteiger partial charge is 0.263 e. The van der Waals surface area contributed by atoms with Gasteiger partial charge in [0.05, 0.1) is 11.9 Å². The minimum Gasteiger partial charge on any atom is -0.296 e. The summed E-state index contributed by atoms with van der Waals surface area (Å²) in [5.74, 6) is 5.53. The van der Waals surface area contributed by atoms with Crippen LogP contribution in [0.4, 0.5) is 0 Å². The van der Waals surface area contributed by atoms with Crippen LogP contribution >= 0.6 is 11.3 Å². The molecule has 4 rings (SSSR count). The van der Waals surface area contributed by atoms with E-state index in [2.05, 4.69) is 10.3 Å². The third-order valence-corrected chi connectivity index (χ3v) is 6.37. The van der Waals surface area contributed by atoms with Crippen LogP contribution in [0.25, 0.3) is 10.2 Å². The second-order valence-electron chi connectivity index (χ2n) is 6.86. The van der Waals surface area contributed by atoms with E-state index in [-0.39, 0.29) is 18.0 Å². The zero-order valence-corrected chi connectivity index (χ0v) is 15.0. The fraction of sp³-hybridized carbons (Fsp3) is 0.588. The summed E-state index contributed by atoms with van der Waals surface area (Å²) in [7, 11) is 0. The predicted molar refractivity (Wildman–Crippen MR) is 97.4 cm³/mol. The van der Waals surface area contributed by atoms with Gasteiger partial charge in [0.15, 0.2) is 0 Å². The largest absolute Gasteiger partial charge is 0.296 e. The van der Waals surface area contributed by atoms with Crippen molar-refractivity contribution in [2.45, 2.75) is 51.6 Å². The number of hydrogen-bond donors (Lipinski definition) is 2. The summed E-state index contributed by atoms with van der Waals surface area (Å²) in [5, 5.41) is 0.717. The molecule has 1 aliphatic carbocycles. The first-order valence-electron chi connectivity index (χ1n) is 8.93. The van der Waals surface area contributed by atoms with Gasteiger partial charge in [-0.2, -0.15) is 0 Å². The molecule has 3 heterocycles. The maximum absolute atomic E-state index is 13.2. The molecule has 2 aromatic heterocycles. The van der Waals surface area contributed by atoms with E-state index < -0.39 is 0 Å². The minimum absolute atomic E-state index is 0.0773. The second-order valence-corrected chi connectivity index (χ2v) is 7.94. The Bertz CT molecular complexity index is 866. The lowest BCUT2D eigenvalue weighted by Gasteiger charge is -2.18. The lowest BCUT2D eigenvalue weighted by Crippen LogP contribution is -2.38. The van der Waals surface area contributed by atoms with Crippen molar-refractivity contribution in [2.75, 3.05) is 13.1 Å². The molecule has 0 spiro atoms. The summed E-state index contributed by atoms with van der Waals surface area (Å²) in [6.45, 7) is 2.55. The highest BCUT2D eigenvalue weighted by atomic mass is 32.1. The lowest BCUT2D eigenvalue weighted by atomic mass is 9.97. The molecule has 1 aliphatic heterocycles. The number of nitrogens with zero attached hydrogens (tertiary/aromatic N) is 3. The molecule has 134 valence electrons. The third-order valence-electron chi connectivity index (χ3n) is 5.18. The molecule has 1 fully saturated rings. The normalized spacial score (nSPS) is 17.8. The van der Waals surface area contributed by atoms with Crippen LogP contribution in [-0.4, -0.2) is 33.4 Å². The molecule has 3 N–H and O–H groups in total. The van der Waals surface area contributed by atoms with E-state index in [4.69, 9.17) is 10.8 Å². The predicted octanol–water partition coefficient (Wildman–Crippen LogP) is 0.922. The maximum atomic E-state index is 13.2. The molecule has 2 aliphatic rings. The van der Waals surface area contributed by atoms with Crippen molar-refractivity contribution in [1.29, 1.82) is 0 Å². The third kappa shape index (κ3) is 3.09. The van der Waals surface area contributed by atoms with Crippen molar-refractivity contribution < 1.29 is 4.79 Å². The molecule has 1 amide bonds. The second kappa shape index (κ2) is 6.86. The monoisotopic (exact) mass is 361 g/mol. The standard InChI is InChI=1S/C17H23N5O2S/c18-20-14(23)10-22-13(9-21-7-3-4-8-21)19-16-15(17(22)24)11-5-1-2-6-12(11)25-16/h1-10,18H2,(H,20,23). The molecule has 0 atom stereocenters. The zero-order chi connectivity index (χ0) is 17.4. The molecule has 2 aromatic rings. The molecule has 0 radical (unpaired) electrons. The molecular weight excluding hydrogens is 338 g/mol. The molecule has 1 saturated heterocycles. The van der Waals surface area contributed by atoms with Crippen LogP contribution in [0.15, 0.2) is 4.79 Å². The van der Waals surface area contributed by atoms with Gasteiger partial charge in [0.1, 0.15) is 17.2 Å². The first kappa shape index (κ1) is 16.7. The van der Waals surface area contributed by atoms with Crippen LogP contribution in [0.1, 0.15) is 41.9 Å². The Morgan fingerprint density at radius 1 is 1.20 bits per heavy atom. The number of amides is 1. The molecule has 0 aromatic carbocycles. The van der Waals surface area contributed by atoms with Crippen LogP contribution in [-0.2, 0) is 30.7 Å². The Hall–Kier alpha value is -1.77. The topological polar surface area (TPSA) is 93.2 Å². The van der Waals surface area contributed by atoms with Gasteiger partial charge in [0, 0.05) is 4.88 Å². The molecule has 0 unspecified atom stereocenters. The Morgan fingerprint density at radius 3 is 2.72 bits per heavy atom. The molecule has 8 heteroatoms. The number of carbonyl (C=O) groups is 1. The SMILES string of the molecule is NNC(=O)Cn1c(CN2CCCC2)nc2sc3c(c2c1=O)CCCC3. The van der Waals surface area contributed by atoms with Gasteiger partial charge in [-0.05, 0) is 57.2 Å². The van der Waals surface area contributed by atoms with Crippen LogP contribution in [0.2, 0.25) is 0 Å². The summed E-state index contributed by atoms with van der Waals surface area (Å²) < 4.78 is 1.52. The van der Waals surface area contributed by atoms with Gasteiger partial charge in [0.2, 0.25) is 0 Å². The van der Waals surface area contributed by atoms with Crippen LogP contribution in [0.3, 0.4) is 0 Å². The van der Waals surface area contributed by atoms with E-state index in [9.17, 15) is 9.59 Å². The fourth-order valence-electron chi connectivity index (χ4n) is 3.89. The quantitative estimate of drug-likeness (QED) is 0.480. The van der Waals surface area contributed by atoms with Crippen LogP contribution < -0.4 is 16.8 Å². The fourth-order valence-corrected chi connectivity index (χ4v) is 5.16. The number of fused-ring (bicyclic) bond motifs is 3. The first-order chi connectivity index (χ1) is 12.2. The van der Waals surface area contributed by atoms with Crippen molar-refractivity contribution in [3.05, 3.63) is 26.6 Å². The molecular formula is C17H23N5O2S. The van der Waals surface area contributed by atoms with Crippen molar-refractivity contribution in [1.82, 2.24) is 19.9 Å². The van der Waals surface area contributed by atoms with Gasteiger partial charge in [-0.1, -0.05) is 0 Å². The number of rotatable bonds is 4. The van der Waals surface area contributed by atoms with E-state index >= 15 is 0 Å². The van der Waals surface area contributed by atoms with Gasteiger partial charge in [-0.15, -0.1) is 11.3 Å². The van der Waals surface area contributed by atoms with Crippen molar-refractivity contribution in [3.8, 4) is 0 Å². The zero-order valence-electron chi connectivity index (χ0n) is 14.2. The van der Waals surface area contributed by atoms with Crippen LogP contribution in [0.5, 0.6) is 0 Å². The molecule has 0 bridgehead atoms. The molecule has 25 heavy (non-hydrogen) atoms. The van der Waals surface area contributed by atoms with Crippen molar-refractivity contribution in [2.24, 2.45) is 5.84 Å². The highest BCUT2D eigenvalue weighted by molar-refractivity contribution is 7.18. The number of nitrogens with two attached hydrogens (primary N) is 1. The van der Waals surface area contributed by atoms with Gasteiger partial charge >= 0.3 is 0 Å². The number of nitrogens with one attached hydrogen (secondary N) is 1. The highest BCUT2D eigenvalue weighted by Crippen LogP contribution is 2.33. The Labute approximate surface area is 149 Å². The molecule has 7 nitrogen and oxygen atoms in total. The average molecular weight is 361 g/mol.